The van der Waals surface area contributed by atoms with Crippen molar-refractivity contribution < 1.29 is 4.39 Å². The van der Waals surface area contributed by atoms with E-state index >= 15 is 0 Å². The molecule has 1 aliphatic rings. The molecule has 0 heterocycles. The van der Waals surface area contributed by atoms with Gasteiger partial charge in [0.15, 0.2) is 0 Å². The summed E-state index contributed by atoms with van der Waals surface area (Å²) in [6.45, 7) is 5.02. The van der Waals surface area contributed by atoms with Gasteiger partial charge in [-0.25, -0.2) is 4.39 Å². The fourth-order valence-corrected chi connectivity index (χ4v) is 3.72. The Labute approximate surface area is 122 Å². The molecule has 0 saturated heterocycles. The molecule has 0 bridgehead atoms. The van der Waals surface area contributed by atoms with E-state index in [-0.39, 0.29) is 17.4 Å². The first-order valence-corrected chi connectivity index (χ1v) is 7.67. The van der Waals surface area contributed by atoms with Crippen LogP contribution in [0.3, 0.4) is 0 Å². The van der Waals surface area contributed by atoms with E-state index in [4.69, 9.17) is 5.73 Å². The van der Waals surface area contributed by atoms with Gasteiger partial charge in [-0.05, 0) is 38.8 Å². The van der Waals surface area contributed by atoms with Crippen molar-refractivity contribution in [3.05, 3.63) is 35.6 Å². The van der Waals surface area contributed by atoms with Gasteiger partial charge < -0.3 is 5.73 Å². The monoisotopic (exact) mass is 278 g/mol. The van der Waals surface area contributed by atoms with Crippen LogP contribution in [-0.2, 0) is 0 Å². The number of hydrogen-bond acceptors (Lipinski definition) is 2. The first-order chi connectivity index (χ1) is 9.50. The maximum absolute atomic E-state index is 14.0. The van der Waals surface area contributed by atoms with Crippen LogP contribution in [0.1, 0.15) is 51.1 Å². The Kier molecular flexibility index (Phi) is 4.82. The summed E-state index contributed by atoms with van der Waals surface area (Å²) in [6.07, 6.45) is 4.72. The van der Waals surface area contributed by atoms with Gasteiger partial charge >= 0.3 is 0 Å². The number of hydrogen-bond donors (Lipinski definition) is 1. The Morgan fingerprint density at radius 1 is 1.45 bits per heavy atom. The van der Waals surface area contributed by atoms with Crippen molar-refractivity contribution >= 4 is 0 Å². The molecular formula is C17H27FN2. The second-order valence-electron chi connectivity index (χ2n) is 6.44. The summed E-state index contributed by atoms with van der Waals surface area (Å²) in [7, 11) is 2.10. The minimum atomic E-state index is -0.122. The molecule has 1 fully saturated rings. The van der Waals surface area contributed by atoms with Crippen LogP contribution < -0.4 is 5.73 Å². The van der Waals surface area contributed by atoms with Crippen molar-refractivity contribution in [1.82, 2.24) is 4.90 Å². The fraction of sp³-hybridized carbons (Fsp3) is 0.647. The van der Waals surface area contributed by atoms with Crippen LogP contribution in [0.15, 0.2) is 24.3 Å². The van der Waals surface area contributed by atoms with E-state index in [0.717, 1.165) is 18.4 Å². The van der Waals surface area contributed by atoms with E-state index in [0.29, 0.717) is 12.5 Å². The molecule has 0 spiro atoms. The third kappa shape index (κ3) is 2.89. The highest BCUT2D eigenvalue weighted by Crippen LogP contribution is 2.39. The van der Waals surface area contributed by atoms with Gasteiger partial charge in [0.05, 0.1) is 0 Å². The zero-order valence-corrected chi connectivity index (χ0v) is 12.9. The number of rotatable bonds is 4. The Morgan fingerprint density at radius 2 is 2.15 bits per heavy atom. The first-order valence-electron chi connectivity index (χ1n) is 7.67. The molecule has 1 aromatic carbocycles. The lowest BCUT2D eigenvalue weighted by molar-refractivity contribution is 0.0309. The fourth-order valence-electron chi connectivity index (χ4n) is 3.72. The van der Waals surface area contributed by atoms with E-state index in [1.807, 2.05) is 12.1 Å². The van der Waals surface area contributed by atoms with Crippen LogP contribution in [-0.4, -0.2) is 24.0 Å². The van der Waals surface area contributed by atoms with Gasteiger partial charge in [-0.1, -0.05) is 38.0 Å². The van der Waals surface area contributed by atoms with Gasteiger partial charge in [-0.3, -0.25) is 4.90 Å². The third-order valence-corrected chi connectivity index (χ3v) is 5.13. The molecule has 0 aliphatic heterocycles. The summed E-state index contributed by atoms with van der Waals surface area (Å²) in [5, 5.41) is 0. The molecule has 1 aliphatic carbocycles. The molecule has 2 nitrogen and oxygen atoms in total. The number of nitrogens with zero attached hydrogens (tertiary/aromatic N) is 1. The zero-order valence-electron chi connectivity index (χ0n) is 12.9. The minimum Gasteiger partial charge on any atom is -0.329 e. The van der Waals surface area contributed by atoms with Crippen molar-refractivity contribution in [1.29, 1.82) is 0 Å². The maximum Gasteiger partial charge on any atom is 0.127 e. The molecule has 3 heteroatoms. The smallest absolute Gasteiger partial charge is 0.127 e. The van der Waals surface area contributed by atoms with Gasteiger partial charge in [0.1, 0.15) is 5.82 Å². The second kappa shape index (κ2) is 6.23. The van der Waals surface area contributed by atoms with Gasteiger partial charge in [0, 0.05) is 23.7 Å². The number of nitrogens with two attached hydrogens (primary N) is 1. The largest absolute Gasteiger partial charge is 0.329 e. The van der Waals surface area contributed by atoms with Crippen LogP contribution in [0.25, 0.3) is 0 Å². The molecule has 1 aromatic rings. The molecule has 1 saturated carbocycles. The average molecular weight is 278 g/mol. The van der Waals surface area contributed by atoms with Gasteiger partial charge in [0.25, 0.3) is 0 Å². The summed E-state index contributed by atoms with van der Waals surface area (Å²) in [4.78, 5) is 2.31. The summed E-state index contributed by atoms with van der Waals surface area (Å²) >= 11 is 0. The van der Waals surface area contributed by atoms with Crippen molar-refractivity contribution in [2.45, 2.75) is 51.1 Å². The van der Waals surface area contributed by atoms with E-state index in [2.05, 4.69) is 25.8 Å². The van der Waals surface area contributed by atoms with Crippen molar-refractivity contribution in [2.75, 3.05) is 13.6 Å². The standard InChI is InChI=1S/C17H27FN2/c1-13-7-6-10-17(11-13,12-19)20(3)14(2)15-8-4-5-9-16(15)18/h4-5,8-9,13-14H,6-7,10-12,19H2,1-3H3. The SMILES string of the molecule is CC1CCCC(CN)(N(C)C(C)c2ccccc2F)C1. The topological polar surface area (TPSA) is 29.3 Å². The highest BCUT2D eigenvalue weighted by atomic mass is 19.1. The average Bonchev–Trinajstić information content (AvgIpc) is 2.46. The third-order valence-electron chi connectivity index (χ3n) is 5.13. The quantitative estimate of drug-likeness (QED) is 0.909. The number of likely N-dealkylation sites (N-methyl/N-ethyl adjacent to an activating group) is 1. The Hall–Kier alpha value is -0.930. The van der Waals surface area contributed by atoms with Gasteiger partial charge in [-0.15, -0.1) is 0 Å². The lowest BCUT2D eigenvalue weighted by Crippen LogP contribution is -2.55. The molecule has 2 N–H and O–H groups in total. The summed E-state index contributed by atoms with van der Waals surface area (Å²) < 4.78 is 14.0. The van der Waals surface area contributed by atoms with Gasteiger partial charge in [0.2, 0.25) is 0 Å². The Morgan fingerprint density at radius 3 is 2.75 bits per heavy atom. The van der Waals surface area contributed by atoms with E-state index in [1.54, 1.807) is 6.07 Å². The first kappa shape index (κ1) is 15.5. The van der Waals surface area contributed by atoms with Crippen molar-refractivity contribution in [2.24, 2.45) is 11.7 Å². The summed E-state index contributed by atoms with van der Waals surface area (Å²) in [5.74, 6) is 0.574. The van der Waals surface area contributed by atoms with Crippen molar-refractivity contribution in [3.63, 3.8) is 0 Å². The highest BCUT2D eigenvalue weighted by molar-refractivity contribution is 5.21. The van der Waals surface area contributed by atoms with Crippen molar-refractivity contribution in [3.8, 4) is 0 Å². The summed E-state index contributed by atoms with van der Waals surface area (Å²) in [5.41, 5.74) is 6.90. The lowest BCUT2D eigenvalue weighted by Gasteiger charge is -2.48. The molecule has 20 heavy (non-hydrogen) atoms. The molecule has 3 unspecified atom stereocenters. The van der Waals surface area contributed by atoms with Crippen LogP contribution in [0.5, 0.6) is 0 Å². The summed E-state index contributed by atoms with van der Waals surface area (Å²) in [6, 6.07) is 7.12. The van der Waals surface area contributed by atoms with Crippen LogP contribution >= 0.6 is 0 Å². The molecule has 112 valence electrons. The molecule has 0 amide bonds. The minimum absolute atomic E-state index is 0.0133. The maximum atomic E-state index is 14.0. The predicted molar refractivity (Wildman–Crippen MR) is 82.0 cm³/mol. The molecular weight excluding hydrogens is 251 g/mol. The molecule has 2 rings (SSSR count). The van der Waals surface area contributed by atoms with Crippen LogP contribution in [0, 0.1) is 11.7 Å². The molecule has 3 atom stereocenters. The second-order valence-corrected chi connectivity index (χ2v) is 6.44. The Bertz CT molecular complexity index is 448. The zero-order chi connectivity index (χ0) is 14.8. The van der Waals surface area contributed by atoms with E-state index in [9.17, 15) is 4.39 Å². The lowest BCUT2D eigenvalue weighted by atomic mass is 9.74. The van der Waals surface area contributed by atoms with E-state index in [1.165, 1.54) is 18.9 Å². The van der Waals surface area contributed by atoms with Crippen LogP contribution in [0.2, 0.25) is 0 Å². The normalized spacial score (nSPS) is 28.6. The van der Waals surface area contributed by atoms with Gasteiger partial charge in [-0.2, -0.15) is 0 Å². The van der Waals surface area contributed by atoms with Crippen LogP contribution in [0.4, 0.5) is 4.39 Å². The predicted octanol–water partition coefficient (Wildman–Crippen LogP) is 3.73. The number of halogens is 1. The molecule has 0 aromatic heterocycles. The number of benzene rings is 1. The Balaban J connectivity index is 2.24. The highest BCUT2D eigenvalue weighted by Gasteiger charge is 2.39. The molecule has 0 radical (unpaired) electrons. The van der Waals surface area contributed by atoms with E-state index < -0.39 is 0 Å².